The molecule has 0 radical (unpaired) electrons. The number of nitrogens with zero attached hydrogens (tertiary/aromatic N) is 3. The topological polar surface area (TPSA) is 64.1 Å². The number of likely N-dealkylation sites (N-methyl/N-ethyl adjacent to an activating group) is 1. The van der Waals surface area contributed by atoms with Gasteiger partial charge in [-0.05, 0) is 33.2 Å². The Labute approximate surface area is 126 Å². The van der Waals surface area contributed by atoms with Gasteiger partial charge in [-0.15, -0.1) is 0 Å². The molecule has 2 rings (SSSR count). The molecule has 2 saturated heterocycles. The number of likely N-dealkylation sites (tertiary alicyclic amines) is 1. The number of piperazine rings is 1. The molecule has 21 heavy (non-hydrogen) atoms. The number of aliphatic carboxylic acids is 1. The van der Waals surface area contributed by atoms with E-state index in [4.69, 9.17) is 0 Å². The van der Waals surface area contributed by atoms with Gasteiger partial charge in [0.25, 0.3) is 0 Å². The first-order chi connectivity index (χ1) is 9.89. The molecular weight excluding hydrogens is 270 g/mol. The van der Waals surface area contributed by atoms with Crippen LogP contribution in [0.1, 0.15) is 33.1 Å². The number of carbonyl (C=O) groups excluding carboxylic acids is 1. The predicted octanol–water partition coefficient (Wildman–Crippen LogP) is 1.32. The van der Waals surface area contributed by atoms with E-state index in [2.05, 4.69) is 18.9 Å². The van der Waals surface area contributed by atoms with E-state index in [9.17, 15) is 14.7 Å². The fourth-order valence-electron chi connectivity index (χ4n) is 3.33. The van der Waals surface area contributed by atoms with E-state index < -0.39 is 11.4 Å². The van der Waals surface area contributed by atoms with Crippen LogP contribution in [0.4, 0.5) is 4.79 Å². The zero-order valence-electron chi connectivity index (χ0n) is 13.3. The van der Waals surface area contributed by atoms with Crippen molar-refractivity contribution >= 4 is 12.0 Å². The minimum Gasteiger partial charge on any atom is -0.481 e. The highest BCUT2D eigenvalue weighted by Gasteiger charge is 2.43. The zero-order chi connectivity index (χ0) is 15.6. The summed E-state index contributed by atoms with van der Waals surface area (Å²) < 4.78 is 0. The highest BCUT2D eigenvalue weighted by atomic mass is 16.4. The normalized spacial score (nSPS) is 31.3. The van der Waals surface area contributed by atoms with E-state index in [1.165, 1.54) is 0 Å². The molecule has 2 fully saturated rings. The van der Waals surface area contributed by atoms with Crippen LogP contribution in [0, 0.1) is 5.41 Å². The molecule has 0 bridgehead atoms. The van der Waals surface area contributed by atoms with E-state index in [0.717, 1.165) is 26.1 Å². The summed E-state index contributed by atoms with van der Waals surface area (Å²) >= 11 is 0. The molecule has 6 heteroatoms. The lowest BCUT2D eigenvalue weighted by atomic mass is 9.78. The second-order valence-electron chi connectivity index (χ2n) is 6.52. The van der Waals surface area contributed by atoms with Gasteiger partial charge in [0, 0.05) is 38.8 Å². The Hall–Kier alpha value is -1.30. The lowest BCUT2D eigenvalue weighted by molar-refractivity contribution is -0.152. The monoisotopic (exact) mass is 297 g/mol. The lowest BCUT2D eigenvalue weighted by Crippen LogP contribution is -2.58. The molecule has 2 aliphatic rings. The first-order valence-electron chi connectivity index (χ1n) is 7.87. The molecule has 2 amide bonds. The summed E-state index contributed by atoms with van der Waals surface area (Å²) in [6.07, 6.45) is 2.02. The zero-order valence-corrected chi connectivity index (χ0v) is 13.3. The fraction of sp³-hybridized carbons (Fsp3) is 0.867. The number of hydrogen-bond donors (Lipinski definition) is 1. The number of carbonyl (C=O) groups is 2. The number of rotatable bonds is 2. The van der Waals surface area contributed by atoms with Crippen LogP contribution in [0.25, 0.3) is 0 Å². The Morgan fingerprint density at radius 1 is 1.24 bits per heavy atom. The molecule has 2 aliphatic heterocycles. The van der Waals surface area contributed by atoms with Crippen molar-refractivity contribution in [1.29, 1.82) is 0 Å². The van der Waals surface area contributed by atoms with Gasteiger partial charge in [-0.1, -0.05) is 6.92 Å². The molecule has 120 valence electrons. The molecule has 2 atom stereocenters. The average molecular weight is 297 g/mol. The van der Waals surface area contributed by atoms with Crippen LogP contribution in [0.2, 0.25) is 0 Å². The fourth-order valence-corrected chi connectivity index (χ4v) is 3.33. The maximum absolute atomic E-state index is 12.7. The van der Waals surface area contributed by atoms with Gasteiger partial charge < -0.3 is 19.8 Å². The van der Waals surface area contributed by atoms with Crippen LogP contribution in [-0.2, 0) is 4.79 Å². The molecule has 1 N–H and O–H groups in total. The summed E-state index contributed by atoms with van der Waals surface area (Å²) in [6.45, 7) is 7.36. The molecule has 0 saturated carbocycles. The summed E-state index contributed by atoms with van der Waals surface area (Å²) in [5.41, 5.74) is -0.758. The van der Waals surface area contributed by atoms with Crippen LogP contribution in [0.15, 0.2) is 0 Å². The molecule has 2 heterocycles. The van der Waals surface area contributed by atoms with Crippen LogP contribution in [-0.4, -0.2) is 77.6 Å². The van der Waals surface area contributed by atoms with Gasteiger partial charge in [-0.2, -0.15) is 0 Å². The summed E-state index contributed by atoms with van der Waals surface area (Å²) in [7, 11) is 2.07. The largest absolute Gasteiger partial charge is 0.481 e. The van der Waals surface area contributed by atoms with Gasteiger partial charge >= 0.3 is 12.0 Å². The van der Waals surface area contributed by atoms with Crippen LogP contribution < -0.4 is 0 Å². The van der Waals surface area contributed by atoms with Gasteiger partial charge in [0.2, 0.25) is 0 Å². The summed E-state index contributed by atoms with van der Waals surface area (Å²) in [5.74, 6) is -0.769. The van der Waals surface area contributed by atoms with Crippen molar-refractivity contribution in [3.63, 3.8) is 0 Å². The standard InChI is InChI=1S/C15H27N3O3/c1-4-15(13(19)20)6-5-7-18(11-15)14(21)17-9-8-16(3)12(2)10-17/h12H,4-11H2,1-3H3,(H,19,20). The van der Waals surface area contributed by atoms with Crippen molar-refractivity contribution in [2.75, 3.05) is 39.8 Å². The Kier molecular flexibility index (Phi) is 4.76. The highest BCUT2D eigenvalue weighted by molar-refractivity contribution is 5.79. The predicted molar refractivity (Wildman–Crippen MR) is 80.2 cm³/mol. The Morgan fingerprint density at radius 2 is 1.95 bits per heavy atom. The number of carboxylic acids is 1. The summed E-state index contributed by atoms with van der Waals surface area (Å²) in [5, 5.41) is 9.52. The third kappa shape index (κ3) is 3.15. The SMILES string of the molecule is CCC1(C(=O)O)CCCN(C(=O)N2CCN(C)C(C)C2)C1. The van der Waals surface area contributed by atoms with Gasteiger partial charge in [0.15, 0.2) is 0 Å². The molecule has 2 unspecified atom stereocenters. The lowest BCUT2D eigenvalue weighted by Gasteiger charge is -2.44. The number of hydrogen-bond acceptors (Lipinski definition) is 3. The second-order valence-corrected chi connectivity index (χ2v) is 6.52. The number of piperidine rings is 1. The molecular formula is C15H27N3O3. The van der Waals surface area contributed by atoms with Crippen molar-refractivity contribution in [2.24, 2.45) is 5.41 Å². The smallest absolute Gasteiger partial charge is 0.320 e. The van der Waals surface area contributed by atoms with Crippen LogP contribution >= 0.6 is 0 Å². The minimum absolute atomic E-state index is 0.00808. The third-order valence-corrected chi connectivity index (χ3v) is 5.21. The van der Waals surface area contributed by atoms with Crippen LogP contribution in [0.5, 0.6) is 0 Å². The van der Waals surface area contributed by atoms with Crippen molar-refractivity contribution in [3.05, 3.63) is 0 Å². The first kappa shape index (κ1) is 16.1. The van der Waals surface area contributed by atoms with E-state index in [-0.39, 0.29) is 6.03 Å². The molecule has 0 aromatic carbocycles. The van der Waals surface area contributed by atoms with E-state index in [1.807, 2.05) is 11.8 Å². The quantitative estimate of drug-likeness (QED) is 0.835. The van der Waals surface area contributed by atoms with E-state index >= 15 is 0 Å². The Balaban J connectivity index is 2.04. The van der Waals surface area contributed by atoms with Gasteiger partial charge in [0.05, 0.1) is 5.41 Å². The average Bonchev–Trinajstić information content (AvgIpc) is 2.49. The van der Waals surface area contributed by atoms with Crippen molar-refractivity contribution in [1.82, 2.24) is 14.7 Å². The van der Waals surface area contributed by atoms with Gasteiger partial charge in [0.1, 0.15) is 0 Å². The molecule has 0 spiro atoms. The van der Waals surface area contributed by atoms with Gasteiger partial charge in [-0.25, -0.2) is 4.79 Å². The molecule has 0 aromatic heterocycles. The van der Waals surface area contributed by atoms with Gasteiger partial charge in [-0.3, -0.25) is 4.79 Å². The maximum Gasteiger partial charge on any atom is 0.320 e. The molecule has 6 nitrogen and oxygen atoms in total. The number of amides is 2. The summed E-state index contributed by atoms with van der Waals surface area (Å²) in [6, 6.07) is 0.358. The highest BCUT2D eigenvalue weighted by Crippen LogP contribution is 2.34. The Bertz CT molecular complexity index is 415. The van der Waals surface area contributed by atoms with Crippen molar-refractivity contribution < 1.29 is 14.7 Å². The second kappa shape index (κ2) is 6.22. The van der Waals surface area contributed by atoms with E-state index in [1.54, 1.807) is 4.90 Å². The summed E-state index contributed by atoms with van der Waals surface area (Å²) in [4.78, 5) is 30.1. The van der Waals surface area contributed by atoms with Crippen molar-refractivity contribution in [3.8, 4) is 0 Å². The van der Waals surface area contributed by atoms with E-state index in [0.29, 0.717) is 32.0 Å². The molecule has 0 aromatic rings. The first-order valence-corrected chi connectivity index (χ1v) is 7.87. The molecule has 0 aliphatic carbocycles. The number of carboxylic acid groups (broad SMARTS) is 1. The number of urea groups is 1. The third-order valence-electron chi connectivity index (χ3n) is 5.21. The maximum atomic E-state index is 12.7. The minimum atomic E-state index is -0.769. The Morgan fingerprint density at radius 3 is 2.52 bits per heavy atom. The van der Waals surface area contributed by atoms with Crippen molar-refractivity contribution in [2.45, 2.75) is 39.2 Å². The van der Waals surface area contributed by atoms with Crippen LogP contribution in [0.3, 0.4) is 0 Å².